The van der Waals surface area contributed by atoms with E-state index < -0.39 is 17.4 Å². The first-order valence-electron chi connectivity index (χ1n) is 6.44. The van der Waals surface area contributed by atoms with Crippen LogP contribution in [-0.2, 0) is 9.59 Å². The number of carboxylic acid groups (broad SMARTS) is 2. The molecule has 1 saturated carbocycles. The molecular formula is C13H22O4. The summed E-state index contributed by atoms with van der Waals surface area (Å²) in [4.78, 5) is 21.3. The molecule has 17 heavy (non-hydrogen) atoms. The minimum absolute atomic E-state index is 0.246. The van der Waals surface area contributed by atoms with Gasteiger partial charge in [-0.3, -0.25) is 9.59 Å². The Labute approximate surface area is 102 Å². The maximum atomic E-state index is 11.1. The van der Waals surface area contributed by atoms with Crippen LogP contribution in [0.3, 0.4) is 0 Å². The molecule has 0 heterocycles. The highest BCUT2D eigenvalue weighted by molar-refractivity contribution is 5.78. The predicted octanol–water partition coefficient (Wildman–Crippen LogP) is 2.91. The molecule has 98 valence electrons. The number of unbranched alkanes of at least 4 members (excludes halogenated alkanes) is 4. The van der Waals surface area contributed by atoms with E-state index in [1.54, 1.807) is 0 Å². The second-order valence-corrected chi connectivity index (χ2v) is 5.23. The highest BCUT2D eigenvalue weighted by atomic mass is 16.4. The summed E-state index contributed by atoms with van der Waals surface area (Å²) in [7, 11) is 0. The molecule has 2 atom stereocenters. The quantitative estimate of drug-likeness (QED) is 0.610. The summed E-state index contributed by atoms with van der Waals surface area (Å²) in [6.07, 6.45) is 6.49. The van der Waals surface area contributed by atoms with Crippen LogP contribution >= 0.6 is 0 Å². The van der Waals surface area contributed by atoms with Crippen LogP contribution in [0.4, 0.5) is 0 Å². The summed E-state index contributed by atoms with van der Waals surface area (Å²) in [6.45, 7) is 2.00. The molecule has 1 aliphatic carbocycles. The summed E-state index contributed by atoms with van der Waals surface area (Å²) in [6, 6.07) is 0. The molecule has 2 N–H and O–H groups in total. The number of rotatable bonds is 9. The largest absolute Gasteiger partial charge is 0.481 e. The molecule has 4 nitrogen and oxygen atoms in total. The van der Waals surface area contributed by atoms with Gasteiger partial charge in [0.05, 0.1) is 5.41 Å². The van der Waals surface area contributed by atoms with Gasteiger partial charge in [0.25, 0.3) is 0 Å². The first-order valence-corrected chi connectivity index (χ1v) is 6.44. The van der Waals surface area contributed by atoms with Crippen molar-refractivity contribution in [3.63, 3.8) is 0 Å². The van der Waals surface area contributed by atoms with Crippen LogP contribution in [0.25, 0.3) is 0 Å². The topological polar surface area (TPSA) is 74.6 Å². The lowest BCUT2D eigenvalue weighted by Crippen LogP contribution is -2.16. The smallest absolute Gasteiger partial charge is 0.309 e. The van der Waals surface area contributed by atoms with Gasteiger partial charge in [0.1, 0.15) is 0 Å². The molecule has 0 spiro atoms. The highest BCUT2D eigenvalue weighted by Gasteiger charge is 2.56. The van der Waals surface area contributed by atoms with Crippen molar-refractivity contribution in [2.75, 3.05) is 0 Å². The van der Waals surface area contributed by atoms with Crippen molar-refractivity contribution in [2.24, 2.45) is 11.3 Å². The van der Waals surface area contributed by atoms with Crippen LogP contribution in [0.2, 0.25) is 0 Å². The normalized spacial score (nSPS) is 26.8. The third-order valence-corrected chi connectivity index (χ3v) is 3.89. The third-order valence-electron chi connectivity index (χ3n) is 3.89. The average Bonchev–Trinajstić information content (AvgIpc) is 2.89. The van der Waals surface area contributed by atoms with E-state index >= 15 is 0 Å². The monoisotopic (exact) mass is 242 g/mol. The molecule has 0 radical (unpaired) electrons. The molecule has 0 bridgehead atoms. The zero-order valence-corrected chi connectivity index (χ0v) is 10.4. The van der Waals surface area contributed by atoms with Crippen molar-refractivity contribution in [3.05, 3.63) is 0 Å². The lowest BCUT2D eigenvalue weighted by Gasteiger charge is -2.10. The molecule has 0 aliphatic heterocycles. The van der Waals surface area contributed by atoms with Gasteiger partial charge in [0, 0.05) is 6.42 Å². The Kier molecular flexibility index (Phi) is 4.97. The molecule has 1 fully saturated rings. The first-order chi connectivity index (χ1) is 7.99. The van der Waals surface area contributed by atoms with E-state index in [1.165, 1.54) is 0 Å². The molecule has 0 amide bonds. The van der Waals surface area contributed by atoms with Gasteiger partial charge in [-0.1, -0.05) is 32.6 Å². The number of aliphatic carboxylic acids is 2. The van der Waals surface area contributed by atoms with Crippen LogP contribution in [0.1, 0.15) is 58.3 Å². The molecule has 2 unspecified atom stereocenters. The van der Waals surface area contributed by atoms with Crippen molar-refractivity contribution in [3.8, 4) is 0 Å². The molecule has 0 saturated heterocycles. The zero-order valence-electron chi connectivity index (χ0n) is 10.4. The summed E-state index contributed by atoms with van der Waals surface area (Å²) >= 11 is 0. The molecular weight excluding hydrogens is 220 g/mol. The second-order valence-electron chi connectivity index (χ2n) is 5.23. The van der Waals surface area contributed by atoms with E-state index in [4.69, 9.17) is 10.2 Å². The fraction of sp³-hybridized carbons (Fsp3) is 0.846. The number of carbonyl (C=O) groups is 2. The SMILES string of the molecule is CC1CC1(CCCCCCCC(=O)O)C(=O)O. The standard InChI is InChI=1S/C13H22O4/c1-10-9-13(10,12(16)17)8-6-4-2-3-5-7-11(14)15/h10H,2-9H2,1H3,(H,14,15)(H,16,17). The van der Waals surface area contributed by atoms with Crippen LogP contribution in [-0.4, -0.2) is 22.2 Å². The molecule has 0 aromatic rings. The van der Waals surface area contributed by atoms with Gasteiger partial charge in [0.15, 0.2) is 0 Å². The van der Waals surface area contributed by atoms with Gasteiger partial charge in [-0.2, -0.15) is 0 Å². The van der Waals surface area contributed by atoms with Crippen molar-refractivity contribution >= 4 is 11.9 Å². The van der Waals surface area contributed by atoms with Crippen molar-refractivity contribution in [1.82, 2.24) is 0 Å². The van der Waals surface area contributed by atoms with Crippen molar-refractivity contribution < 1.29 is 19.8 Å². The van der Waals surface area contributed by atoms with Gasteiger partial charge in [0.2, 0.25) is 0 Å². The van der Waals surface area contributed by atoms with E-state index in [2.05, 4.69) is 0 Å². The Morgan fingerprint density at radius 2 is 1.65 bits per heavy atom. The maximum absolute atomic E-state index is 11.1. The Morgan fingerprint density at radius 1 is 1.12 bits per heavy atom. The van der Waals surface area contributed by atoms with Gasteiger partial charge >= 0.3 is 11.9 Å². The van der Waals surface area contributed by atoms with Crippen LogP contribution in [0.15, 0.2) is 0 Å². The van der Waals surface area contributed by atoms with E-state index in [0.29, 0.717) is 5.92 Å². The van der Waals surface area contributed by atoms with E-state index in [-0.39, 0.29) is 6.42 Å². The molecule has 4 heteroatoms. The van der Waals surface area contributed by atoms with Gasteiger partial charge in [-0.15, -0.1) is 0 Å². The molecule has 0 aromatic heterocycles. The summed E-state index contributed by atoms with van der Waals surface area (Å²) in [5, 5.41) is 17.6. The fourth-order valence-electron chi connectivity index (χ4n) is 2.49. The van der Waals surface area contributed by atoms with Crippen molar-refractivity contribution in [2.45, 2.75) is 58.3 Å². The maximum Gasteiger partial charge on any atom is 0.309 e. The lowest BCUT2D eigenvalue weighted by molar-refractivity contribution is -0.144. The molecule has 1 aliphatic rings. The van der Waals surface area contributed by atoms with Crippen molar-refractivity contribution in [1.29, 1.82) is 0 Å². The first kappa shape index (κ1) is 14.0. The fourth-order valence-corrected chi connectivity index (χ4v) is 2.49. The lowest BCUT2D eigenvalue weighted by atomic mass is 9.95. The Balaban J connectivity index is 2.01. The number of carboxylic acids is 2. The van der Waals surface area contributed by atoms with Gasteiger partial charge in [-0.25, -0.2) is 0 Å². The minimum Gasteiger partial charge on any atom is -0.481 e. The van der Waals surface area contributed by atoms with Crippen LogP contribution in [0, 0.1) is 11.3 Å². The predicted molar refractivity (Wildman–Crippen MR) is 63.8 cm³/mol. The Bertz CT molecular complexity index is 287. The van der Waals surface area contributed by atoms with E-state index in [1.807, 2.05) is 6.92 Å². The average molecular weight is 242 g/mol. The zero-order chi connectivity index (χ0) is 12.9. The number of hydrogen-bond donors (Lipinski definition) is 2. The summed E-state index contributed by atoms with van der Waals surface area (Å²) in [5.74, 6) is -1.05. The van der Waals surface area contributed by atoms with Crippen LogP contribution in [0.5, 0.6) is 0 Å². The summed E-state index contributed by atoms with van der Waals surface area (Å²) < 4.78 is 0. The Hall–Kier alpha value is -1.06. The van der Waals surface area contributed by atoms with Gasteiger partial charge < -0.3 is 10.2 Å². The Morgan fingerprint density at radius 3 is 2.12 bits per heavy atom. The number of hydrogen-bond acceptors (Lipinski definition) is 2. The highest BCUT2D eigenvalue weighted by Crippen LogP contribution is 2.55. The molecule has 0 aromatic carbocycles. The van der Waals surface area contributed by atoms with Gasteiger partial charge in [-0.05, 0) is 25.2 Å². The van der Waals surface area contributed by atoms with E-state index in [9.17, 15) is 9.59 Å². The summed E-state index contributed by atoms with van der Waals surface area (Å²) in [5.41, 5.74) is -0.429. The minimum atomic E-state index is -0.735. The van der Waals surface area contributed by atoms with Crippen LogP contribution < -0.4 is 0 Å². The molecule has 1 rings (SSSR count). The third kappa shape index (κ3) is 4.02. The van der Waals surface area contributed by atoms with E-state index in [0.717, 1.165) is 44.9 Å². The second kappa shape index (κ2) is 6.03.